The summed E-state index contributed by atoms with van der Waals surface area (Å²) in [5.74, 6) is -0.267. The Bertz CT molecular complexity index is 927. The second-order valence-corrected chi connectivity index (χ2v) is 8.22. The van der Waals surface area contributed by atoms with Crippen molar-refractivity contribution in [3.05, 3.63) is 65.2 Å². The lowest BCUT2D eigenvalue weighted by atomic mass is 10.0. The van der Waals surface area contributed by atoms with Crippen LogP contribution in [-0.2, 0) is 15.7 Å². The number of hydrogen-bond acceptors (Lipinski definition) is 4. The Kier molecular flexibility index (Phi) is 6.71. The molecule has 172 valence electrons. The van der Waals surface area contributed by atoms with E-state index in [1.165, 1.54) is 12.1 Å². The molecule has 3 atom stereocenters. The van der Waals surface area contributed by atoms with Gasteiger partial charge < -0.3 is 14.8 Å². The summed E-state index contributed by atoms with van der Waals surface area (Å²) in [7, 11) is 1.61. The average molecular weight is 448 g/mol. The number of methoxy groups -OCH3 is 1. The molecule has 1 N–H and O–H groups in total. The maximum atomic E-state index is 13.3. The fourth-order valence-corrected chi connectivity index (χ4v) is 4.41. The first-order valence-electron chi connectivity index (χ1n) is 10.8. The monoisotopic (exact) mass is 448 g/mol. The topological polar surface area (TPSA) is 50.8 Å². The Morgan fingerprint density at radius 3 is 2.50 bits per heavy atom. The van der Waals surface area contributed by atoms with Crippen molar-refractivity contribution in [2.24, 2.45) is 5.92 Å². The minimum Gasteiger partial charge on any atom is -0.497 e. The van der Waals surface area contributed by atoms with Gasteiger partial charge in [-0.1, -0.05) is 30.3 Å². The van der Waals surface area contributed by atoms with Crippen molar-refractivity contribution in [3.8, 4) is 5.75 Å². The number of alkyl halides is 3. The van der Waals surface area contributed by atoms with Gasteiger partial charge in [-0.25, -0.2) is 0 Å². The van der Waals surface area contributed by atoms with E-state index in [0.717, 1.165) is 30.5 Å². The van der Waals surface area contributed by atoms with E-state index in [1.54, 1.807) is 13.2 Å². The van der Waals surface area contributed by atoms with Gasteiger partial charge in [-0.2, -0.15) is 13.2 Å². The molecule has 8 heteroatoms. The number of halogens is 3. The third-order valence-electron chi connectivity index (χ3n) is 6.25. The lowest BCUT2D eigenvalue weighted by Crippen LogP contribution is -2.44. The number of ether oxygens (including phenoxy) is 2. The highest BCUT2D eigenvalue weighted by Crippen LogP contribution is 2.51. The molecule has 1 heterocycles. The summed E-state index contributed by atoms with van der Waals surface area (Å²) >= 11 is 0. The van der Waals surface area contributed by atoms with Crippen LogP contribution in [0, 0.1) is 5.92 Å². The zero-order valence-electron chi connectivity index (χ0n) is 17.9. The Labute approximate surface area is 185 Å². The minimum absolute atomic E-state index is 0.0478. The Hall–Kier alpha value is -2.58. The molecule has 1 aliphatic heterocycles. The molecular formula is C24H27F3N2O3. The van der Waals surface area contributed by atoms with Gasteiger partial charge in [-0.05, 0) is 41.7 Å². The van der Waals surface area contributed by atoms with Gasteiger partial charge in [-0.15, -0.1) is 0 Å². The Morgan fingerprint density at radius 2 is 1.84 bits per heavy atom. The molecule has 0 radical (unpaired) electrons. The van der Waals surface area contributed by atoms with Crippen LogP contribution in [-0.4, -0.2) is 50.8 Å². The predicted octanol–water partition coefficient (Wildman–Crippen LogP) is 4.01. The van der Waals surface area contributed by atoms with Crippen LogP contribution in [0.4, 0.5) is 13.2 Å². The third-order valence-corrected chi connectivity index (χ3v) is 6.25. The van der Waals surface area contributed by atoms with Crippen molar-refractivity contribution >= 4 is 5.91 Å². The van der Waals surface area contributed by atoms with E-state index in [4.69, 9.17) is 9.47 Å². The lowest BCUT2D eigenvalue weighted by Gasteiger charge is -2.35. The molecule has 1 aliphatic carbocycles. The largest absolute Gasteiger partial charge is 0.497 e. The van der Waals surface area contributed by atoms with Crippen LogP contribution in [0.1, 0.15) is 35.1 Å². The Morgan fingerprint density at radius 1 is 1.16 bits per heavy atom. The van der Waals surface area contributed by atoms with Crippen LogP contribution in [0.15, 0.2) is 48.5 Å². The molecule has 0 bridgehead atoms. The van der Waals surface area contributed by atoms with Crippen LogP contribution < -0.4 is 10.1 Å². The highest BCUT2D eigenvalue weighted by molar-refractivity contribution is 5.83. The fraction of sp³-hybridized carbons (Fsp3) is 0.458. The number of nitrogens with one attached hydrogen (secondary N) is 1. The smallest absolute Gasteiger partial charge is 0.416 e. The number of carbonyl (C=O) groups is 1. The minimum atomic E-state index is -4.42. The quantitative estimate of drug-likeness (QED) is 0.696. The number of rotatable bonds is 7. The van der Waals surface area contributed by atoms with E-state index in [2.05, 4.69) is 10.2 Å². The molecule has 32 heavy (non-hydrogen) atoms. The molecule has 0 spiro atoms. The summed E-state index contributed by atoms with van der Waals surface area (Å²) in [6.45, 7) is 3.13. The summed E-state index contributed by atoms with van der Waals surface area (Å²) < 4.78 is 50.7. The summed E-state index contributed by atoms with van der Waals surface area (Å²) in [5.41, 5.74) is 0.604. The number of benzene rings is 2. The number of nitrogens with zero attached hydrogens (tertiary/aromatic N) is 1. The lowest BCUT2D eigenvalue weighted by molar-refractivity contribution is -0.138. The van der Waals surface area contributed by atoms with E-state index in [0.29, 0.717) is 26.2 Å². The molecule has 2 fully saturated rings. The van der Waals surface area contributed by atoms with E-state index in [-0.39, 0.29) is 17.5 Å². The van der Waals surface area contributed by atoms with Gasteiger partial charge in [0.1, 0.15) is 5.75 Å². The fourth-order valence-electron chi connectivity index (χ4n) is 4.41. The molecule has 2 aromatic carbocycles. The zero-order chi connectivity index (χ0) is 22.7. The van der Waals surface area contributed by atoms with Gasteiger partial charge in [0.25, 0.3) is 0 Å². The van der Waals surface area contributed by atoms with Crippen molar-refractivity contribution in [1.29, 1.82) is 0 Å². The van der Waals surface area contributed by atoms with Crippen LogP contribution in [0.3, 0.4) is 0 Å². The predicted molar refractivity (Wildman–Crippen MR) is 113 cm³/mol. The molecule has 1 amide bonds. The van der Waals surface area contributed by atoms with Gasteiger partial charge in [-0.3, -0.25) is 9.69 Å². The molecular weight excluding hydrogens is 421 g/mol. The van der Waals surface area contributed by atoms with Crippen molar-refractivity contribution in [1.82, 2.24) is 10.2 Å². The first-order valence-corrected chi connectivity index (χ1v) is 10.8. The zero-order valence-corrected chi connectivity index (χ0v) is 17.9. The highest BCUT2D eigenvalue weighted by atomic mass is 19.4. The summed E-state index contributed by atoms with van der Waals surface area (Å²) in [6.07, 6.45) is -3.99. The molecule has 2 aliphatic rings. The number of carbonyl (C=O) groups excluding carboxylic acids is 1. The SMILES string of the molecule is COc1ccc(C(CNC(=O)C2CC2c2ccccc2C(F)(F)F)N2CCOCC2)cc1. The maximum absolute atomic E-state index is 13.3. The van der Waals surface area contributed by atoms with Crippen LogP contribution in [0.5, 0.6) is 5.75 Å². The number of amides is 1. The normalized spacial score (nSPS) is 22.2. The van der Waals surface area contributed by atoms with Gasteiger partial charge >= 0.3 is 6.18 Å². The molecule has 0 aromatic heterocycles. The standard InChI is InChI=1S/C24H27F3N2O3/c1-31-17-8-6-16(7-9-17)22(29-10-12-32-13-11-29)15-28-23(30)20-14-19(20)18-4-2-3-5-21(18)24(25,26)27/h2-9,19-20,22H,10-15H2,1H3,(H,28,30). The molecule has 5 nitrogen and oxygen atoms in total. The summed E-state index contributed by atoms with van der Waals surface area (Å²) in [6, 6.07) is 13.2. The Balaban J connectivity index is 1.43. The first kappa shape index (κ1) is 22.6. The first-order chi connectivity index (χ1) is 15.4. The van der Waals surface area contributed by atoms with Crippen molar-refractivity contribution < 1.29 is 27.4 Å². The van der Waals surface area contributed by atoms with E-state index < -0.39 is 23.6 Å². The van der Waals surface area contributed by atoms with Crippen molar-refractivity contribution in [2.75, 3.05) is 40.0 Å². The van der Waals surface area contributed by atoms with Gasteiger partial charge in [0.15, 0.2) is 0 Å². The van der Waals surface area contributed by atoms with E-state index in [9.17, 15) is 18.0 Å². The van der Waals surface area contributed by atoms with Crippen LogP contribution in [0.25, 0.3) is 0 Å². The molecule has 2 aromatic rings. The van der Waals surface area contributed by atoms with Crippen molar-refractivity contribution in [3.63, 3.8) is 0 Å². The van der Waals surface area contributed by atoms with Gasteiger partial charge in [0.05, 0.1) is 31.9 Å². The third kappa shape index (κ3) is 5.07. The molecule has 1 saturated heterocycles. The van der Waals surface area contributed by atoms with Crippen LogP contribution in [0.2, 0.25) is 0 Å². The van der Waals surface area contributed by atoms with E-state index in [1.807, 2.05) is 24.3 Å². The highest BCUT2D eigenvalue weighted by Gasteiger charge is 2.47. The van der Waals surface area contributed by atoms with Gasteiger partial charge in [0, 0.05) is 25.6 Å². The number of morpholine rings is 1. The molecule has 4 rings (SSSR count). The average Bonchev–Trinajstić information content (AvgIpc) is 3.61. The second kappa shape index (κ2) is 9.50. The second-order valence-electron chi connectivity index (χ2n) is 8.22. The van der Waals surface area contributed by atoms with Crippen LogP contribution >= 0.6 is 0 Å². The molecule has 1 saturated carbocycles. The number of hydrogen-bond donors (Lipinski definition) is 1. The van der Waals surface area contributed by atoms with Gasteiger partial charge in [0.2, 0.25) is 5.91 Å². The van der Waals surface area contributed by atoms with Crippen molar-refractivity contribution in [2.45, 2.75) is 24.6 Å². The van der Waals surface area contributed by atoms with E-state index >= 15 is 0 Å². The maximum Gasteiger partial charge on any atom is 0.416 e. The molecule has 3 unspecified atom stereocenters. The summed E-state index contributed by atoms with van der Waals surface area (Å²) in [4.78, 5) is 15.1. The summed E-state index contributed by atoms with van der Waals surface area (Å²) in [5, 5.41) is 2.99.